The van der Waals surface area contributed by atoms with Gasteiger partial charge in [-0.05, 0) is 25.1 Å². The van der Waals surface area contributed by atoms with Crippen molar-refractivity contribution in [1.82, 2.24) is 0 Å². The van der Waals surface area contributed by atoms with E-state index in [9.17, 15) is 18.0 Å². The third-order valence-electron chi connectivity index (χ3n) is 1.85. The summed E-state index contributed by atoms with van der Waals surface area (Å²) in [6, 6.07) is 4.15. The van der Waals surface area contributed by atoms with Crippen molar-refractivity contribution in [3.8, 4) is 6.07 Å². The van der Waals surface area contributed by atoms with E-state index in [-0.39, 0.29) is 11.1 Å². The van der Waals surface area contributed by atoms with Gasteiger partial charge < -0.3 is 0 Å². The van der Waals surface area contributed by atoms with Crippen molar-refractivity contribution in [2.75, 3.05) is 0 Å². The fourth-order valence-electron chi connectivity index (χ4n) is 1.11. The van der Waals surface area contributed by atoms with Crippen LogP contribution in [0.5, 0.6) is 0 Å². The molecular formula is C10H6F3NO. The van der Waals surface area contributed by atoms with Gasteiger partial charge in [-0.3, -0.25) is 4.79 Å². The number of hydrogen-bond acceptors (Lipinski definition) is 2. The van der Waals surface area contributed by atoms with E-state index in [2.05, 4.69) is 0 Å². The molecule has 0 bridgehead atoms. The van der Waals surface area contributed by atoms with E-state index in [1.807, 2.05) is 0 Å². The summed E-state index contributed by atoms with van der Waals surface area (Å²) >= 11 is 0. The summed E-state index contributed by atoms with van der Waals surface area (Å²) in [7, 11) is 0. The van der Waals surface area contributed by atoms with Crippen molar-refractivity contribution >= 4 is 5.78 Å². The summed E-state index contributed by atoms with van der Waals surface area (Å²) in [6.07, 6.45) is -4.50. The van der Waals surface area contributed by atoms with Crippen LogP contribution < -0.4 is 0 Å². The van der Waals surface area contributed by atoms with E-state index in [0.717, 1.165) is 19.1 Å². The minimum atomic E-state index is -4.50. The standard InChI is InChI=1S/C10H6F3NO/c1-6(15)9-4-8(10(11,12)13)3-2-7(9)5-14/h2-4H,1H3. The average molecular weight is 213 g/mol. The van der Waals surface area contributed by atoms with Crippen LogP contribution >= 0.6 is 0 Å². The molecule has 1 rings (SSSR count). The van der Waals surface area contributed by atoms with Crippen LogP contribution in [-0.2, 0) is 6.18 Å². The second-order valence-electron chi connectivity index (χ2n) is 2.93. The Morgan fingerprint density at radius 2 is 2.00 bits per heavy atom. The molecular weight excluding hydrogens is 207 g/mol. The van der Waals surface area contributed by atoms with Gasteiger partial charge in [-0.1, -0.05) is 0 Å². The highest BCUT2D eigenvalue weighted by Crippen LogP contribution is 2.30. The smallest absolute Gasteiger partial charge is 0.294 e. The molecule has 0 atom stereocenters. The van der Waals surface area contributed by atoms with E-state index >= 15 is 0 Å². The Morgan fingerprint density at radius 1 is 1.40 bits per heavy atom. The highest BCUT2D eigenvalue weighted by Gasteiger charge is 2.31. The first-order valence-corrected chi connectivity index (χ1v) is 3.98. The van der Waals surface area contributed by atoms with Gasteiger partial charge in [-0.25, -0.2) is 0 Å². The molecule has 0 heterocycles. The summed E-state index contributed by atoms with van der Waals surface area (Å²) in [6.45, 7) is 1.12. The maximum atomic E-state index is 12.3. The normalized spacial score (nSPS) is 10.9. The number of hydrogen-bond donors (Lipinski definition) is 0. The number of Topliss-reactive ketones (excluding diaryl/α,β-unsaturated/α-hetero) is 1. The maximum Gasteiger partial charge on any atom is 0.416 e. The molecule has 78 valence electrons. The third-order valence-corrected chi connectivity index (χ3v) is 1.85. The maximum absolute atomic E-state index is 12.3. The summed E-state index contributed by atoms with van der Waals surface area (Å²) in [4.78, 5) is 11.0. The molecule has 15 heavy (non-hydrogen) atoms. The fourth-order valence-corrected chi connectivity index (χ4v) is 1.11. The van der Waals surface area contributed by atoms with Crippen LogP contribution in [0, 0.1) is 11.3 Å². The van der Waals surface area contributed by atoms with Gasteiger partial charge >= 0.3 is 6.18 Å². The van der Waals surface area contributed by atoms with E-state index < -0.39 is 17.5 Å². The van der Waals surface area contributed by atoms with Crippen LogP contribution in [0.2, 0.25) is 0 Å². The van der Waals surface area contributed by atoms with Crippen LogP contribution in [0.1, 0.15) is 28.4 Å². The van der Waals surface area contributed by atoms with Crippen molar-refractivity contribution in [3.05, 3.63) is 34.9 Å². The second-order valence-corrected chi connectivity index (χ2v) is 2.93. The lowest BCUT2D eigenvalue weighted by molar-refractivity contribution is -0.137. The second kappa shape index (κ2) is 3.73. The Kier molecular flexibility index (Phi) is 2.80. The zero-order valence-electron chi connectivity index (χ0n) is 7.72. The zero-order valence-corrected chi connectivity index (χ0v) is 7.72. The third kappa shape index (κ3) is 2.34. The van der Waals surface area contributed by atoms with Crippen molar-refractivity contribution in [3.63, 3.8) is 0 Å². The molecule has 0 aliphatic carbocycles. The molecule has 0 aliphatic heterocycles. The van der Waals surface area contributed by atoms with E-state index in [4.69, 9.17) is 5.26 Å². The average Bonchev–Trinajstić information content (AvgIpc) is 2.15. The largest absolute Gasteiger partial charge is 0.416 e. The molecule has 0 saturated carbocycles. The molecule has 0 fully saturated rings. The molecule has 1 aromatic carbocycles. The van der Waals surface area contributed by atoms with Crippen molar-refractivity contribution < 1.29 is 18.0 Å². The lowest BCUT2D eigenvalue weighted by Crippen LogP contribution is -2.07. The molecule has 0 aliphatic rings. The molecule has 0 N–H and O–H groups in total. The quantitative estimate of drug-likeness (QED) is 0.673. The Balaban J connectivity index is 3.37. The topological polar surface area (TPSA) is 40.9 Å². The molecule has 1 aromatic rings. The van der Waals surface area contributed by atoms with Gasteiger partial charge in [0.25, 0.3) is 0 Å². The first-order chi connectivity index (χ1) is 6.86. The van der Waals surface area contributed by atoms with Crippen LogP contribution in [0.3, 0.4) is 0 Å². The predicted octanol–water partition coefficient (Wildman–Crippen LogP) is 2.78. The van der Waals surface area contributed by atoms with Crippen molar-refractivity contribution in [2.45, 2.75) is 13.1 Å². The molecule has 0 unspecified atom stereocenters. The predicted molar refractivity (Wildman–Crippen MR) is 46.2 cm³/mol. The van der Waals surface area contributed by atoms with Crippen LogP contribution in [-0.4, -0.2) is 5.78 Å². The number of carbonyl (C=O) groups is 1. The number of alkyl halides is 3. The summed E-state index contributed by atoms with van der Waals surface area (Å²) < 4.78 is 36.8. The minimum Gasteiger partial charge on any atom is -0.294 e. The van der Waals surface area contributed by atoms with E-state index in [1.165, 1.54) is 0 Å². The monoisotopic (exact) mass is 213 g/mol. The van der Waals surface area contributed by atoms with Crippen molar-refractivity contribution in [1.29, 1.82) is 5.26 Å². The molecule has 0 spiro atoms. The van der Waals surface area contributed by atoms with Crippen LogP contribution in [0.15, 0.2) is 18.2 Å². The van der Waals surface area contributed by atoms with E-state index in [1.54, 1.807) is 6.07 Å². The van der Waals surface area contributed by atoms with Gasteiger partial charge in [0.05, 0.1) is 17.2 Å². The Morgan fingerprint density at radius 3 is 2.40 bits per heavy atom. The molecule has 0 amide bonds. The summed E-state index contributed by atoms with van der Waals surface area (Å²) in [5.41, 5.74) is -1.17. The fraction of sp³-hybridized carbons (Fsp3) is 0.200. The Labute approximate surface area is 83.9 Å². The minimum absolute atomic E-state index is 0.0458. The highest BCUT2D eigenvalue weighted by molar-refractivity contribution is 5.96. The SMILES string of the molecule is CC(=O)c1cc(C(F)(F)F)ccc1C#N. The molecule has 5 heteroatoms. The number of benzene rings is 1. The number of nitriles is 1. The summed E-state index contributed by atoms with van der Waals surface area (Å²) in [5, 5.41) is 8.58. The van der Waals surface area contributed by atoms with Crippen LogP contribution in [0.25, 0.3) is 0 Å². The lowest BCUT2D eigenvalue weighted by atomic mass is 10.0. The van der Waals surface area contributed by atoms with Gasteiger partial charge in [0.15, 0.2) is 5.78 Å². The van der Waals surface area contributed by atoms with Gasteiger partial charge in [0, 0.05) is 5.56 Å². The first kappa shape index (κ1) is 11.2. The Bertz CT molecular complexity index is 443. The lowest BCUT2D eigenvalue weighted by Gasteiger charge is -2.08. The zero-order chi connectivity index (χ0) is 11.6. The summed E-state index contributed by atoms with van der Waals surface area (Å²) in [5.74, 6) is -0.558. The van der Waals surface area contributed by atoms with Crippen molar-refractivity contribution in [2.24, 2.45) is 0 Å². The van der Waals surface area contributed by atoms with Crippen LogP contribution in [0.4, 0.5) is 13.2 Å². The molecule has 0 radical (unpaired) electrons. The van der Waals surface area contributed by atoms with Gasteiger partial charge in [-0.2, -0.15) is 18.4 Å². The first-order valence-electron chi connectivity index (χ1n) is 3.98. The number of ketones is 1. The number of rotatable bonds is 1. The number of nitrogens with zero attached hydrogens (tertiary/aromatic N) is 1. The number of carbonyl (C=O) groups excluding carboxylic acids is 1. The molecule has 0 aromatic heterocycles. The van der Waals surface area contributed by atoms with Gasteiger partial charge in [0.2, 0.25) is 0 Å². The molecule has 0 saturated heterocycles. The molecule has 2 nitrogen and oxygen atoms in total. The Hall–Kier alpha value is -1.83. The van der Waals surface area contributed by atoms with Gasteiger partial charge in [-0.15, -0.1) is 0 Å². The highest BCUT2D eigenvalue weighted by atomic mass is 19.4. The van der Waals surface area contributed by atoms with E-state index in [0.29, 0.717) is 6.07 Å². The van der Waals surface area contributed by atoms with Gasteiger partial charge in [0.1, 0.15) is 0 Å². The number of halogens is 3.